The van der Waals surface area contributed by atoms with E-state index in [1.807, 2.05) is 30.5 Å². The van der Waals surface area contributed by atoms with Crippen molar-refractivity contribution in [3.63, 3.8) is 0 Å². The predicted octanol–water partition coefficient (Wildman–Crippen LogP) is 4.40. The highest BCUT2D eigenvalue weighted by molar-refractivity contribution is 7.09. The Labute approximate surface area is 206 Å². The summed E-state index contributed by atoms with van der Waals surface area (Å²) in [4.78, 5) is 39.9. The average molecular weight is 498 g/mol. The molecule has 1 aromatic heterocycles. The van der Waals surface area contributed by atoms with Gasteiger partial charge < -0.3 is 20.3 Å². The van der Waals surface area contributed by atoms with Crippen LogP contribution in [0.15, 0.2) is 60.0 Å². The molecule has 3 aromatic rings. The second-order valence-electron chi connectivity index (χ2n) is 7.99. The summed E-state index contributed by atoms with van der Waals surface area (Å²) in [5, 5.41) is 8.19. The molecule has 0 aliphatic carbocycles. The van der Waals surface area contributed by atoms with Gasteiger partial charge in [0.15, 0.2) is 6.61 Å². The number of rotatable bonds is 8. The fourth-order valence-corrected chi connectivity index (χ4v) is 4.47. The van der Waals surface area contributed by atoms with Crippen LogP contribution in [-0.2, 0) is 20.9 Å². The van der Waals surface area contributed by atoms with Crippen LogP contribution < -0.4 is 20.3 Å². The number of amides is 3. The van der Waals surface area contributed by atoms with Crippen molar-refractivity contribution in [2.24, 2.45) is 5.92 Å². The smallest absolute Gasteiger partial charge is 0.262 e. The highest BCUT2D eigenvalue weighted by Crippen LogP contribution is 2.27. The Morgan fingerprint density at radius 2 is 1.97 bits per heavy atom. The summed E-state index contributed by atoms with van der Waals surface area (Å²) in [7, 11) is 0. The standard InChI is InChI=1S/C25H24ClN3O4S/c1-16-4-5-18(26)12-22(16)28-23(30)15-33-20-8-6-19(7-9-20)29-14-17(11-24(29)31)25(32)27-13-21-3-2-10-34-21/h2-10,12,17H,11,13-15H2,1H3,(H,27,32)(H,28,30)/t17-/m1/s1. The third-order valence-corrected chi connectivity index (χ3v) is 6.62. The number of halogens is 1. The number of hydrogen-bond acceptors (Lipinski definition) is 5. The van der Waals surface area contributed by atoms with Crippen LogP contribution in [0.3, 0.4) is 0 Å². The Bertz CT molecular complexity index is 1180. The Hall–Kier alpha value is -3.36. The normalized spacial score (nSPS) is 15.3. The number of ether oxygens (including phenoxy) is 1. The zero-order valence-corrected chi connectivity index (χ0v) is 20.1. The first-order chi connectivity index (χ1) is 16.4. The van der Waals surface area contributed by atoms with Gasteiger partial charge in [-0.25, -0.2) is 0 Å². The fourth-order valence-electron chi connectivity index (χ4n) is 3.65. The first-order valence-electron chi connectivity index (χ1n) is 10.8. The van der Waals surface area contributed by atoms with E-state index in [-0.39, 0.29) is 36.7 Å². The summed E-state index contributed by atoms with van der Waals surface area (Å²) in [6.07, 6.45) is 0.178. The molecule has 0 unspecified atom stereocenters. The van der Waals surface area contributed by atoms with Gasteiger partial charge in [0, 0.05) is 34.2 Å². The van der Waals surface area contributed by atoms with E-state index < -0.39 is 0 Å². The largest absolute Gasteiger partial charge is 0.484 e. The van der Waals surface area contributed by atoms with Gasteiger partial charge in [-0.15, -0.1) is 11.3 Å². The summed E-state index contributed by atoms with van der Waals surface area (Å²) in [5.41, 5.74) is 2.22. The summed E-state index contributed by atoms with van der Waals surface area (Å²) in [6, 6.07) is 16.1. The SMILES string of the molecule is Cc1ccc(Cl)cc1NC(=O)COc1ccc(N2C[C@H](C(=O)NCc3cccs3)CC2=O)cc1. The maximum absolute atomic E-state index is 12.5. The fraction of sp³-hybridized carbons (Fsp3) is 0.240. The van der Waals surface area contributed by atoms with Gasteiger partial charge in [-0.05, 0) is 60.3 Å². The molecular weight excluding hydrogens is 474 g/mol. The second kappa shape index (κ2) is 10.7. The van der Waals surface area contributed by atoms with Gasteiger partial charge in [-0.1, -0.05) is 23.7 Å². The van der Waals surface area contributed by atoms with E-state index in [9.17, 15) is 14.4 Å². The lowest BCUT2D eigenvalue weighted by Crippen LogP contribution is -2.32. The first-order valence-corrected chi connectivity index (χ1v) is 12.0. The maximum atomic E-state index is 12.5. The first kappa shape index (κ1) is 23.8. The zero-order valence-electron chi connectivity index (χ0n) is 18.5. The van der Waals surface area contributed by atoms with Crippen molar-refractivity contribution in [2.75, 3.05) is 23.4 Å². The summed E-state index contributed by atoms with van der Waals surface area (Å²) >= 11 is 7.56. The lowest BCUT2D eigenvalue weighted by molar-refractivity contribution is -0.126. The van der Waals surface area contributed by atoms with Crippen molar-refractivity contribution < 1.29 is 19.1 Å². The Kier molecular flexibility index (Phi) is 7.49. The van der Waals surface area contributed by atoms with Crippen LogP contribution in [-0.4, -0.2) is 30.9 Å². The van der Waals surface area contributed by atoms with Crippen LogP contribution in [0.4, 0.5) is 11.4 Å². The predicted molar refractivity (Wildman–Crippen MR) is 133 cm³/mol. The molecular formula is C25H24ClN3O4S. The van der Waals surface area contributed by atoms with E-state index in [0.29, 0.717) is 35.2 Å². The lowest BCUT2D eigenvalue weighted by Gasteiger charge is -2.17. The van der Waals surface area contributed by atoms with Crippen molar-refractivity contribution in [3.05, 3.63) is 75.4 Å². The van der Waals surface area contributed by atoms with Crippen molar-refractivity contribution in [1.29, 1.82) is 0 Å². The molecule has 4 rings (SSSR count). The molecule has 0 radical (unpaired) electrons. The van der Waals surface area contributed by atoms with Gasteiger partial charge >= 0.3 is 0 Å². The monoisotopic (exact) mass is 497 g/mol. The van der Waals surface area contributed by atoms with E-state index in [1.54, 1.807) is 52.6 Å². The third kappa shape index (κ3) is 5.95. The van der Waals surface area contributed by atoms with Crippen LogP contribution in [0.5, 0.6) is 5.75 Å². The molecule has 1 saturated heterocycles. The number of nitrogens with zero attached hydrogens (tertiary/aromatic N) is 1. The Balaban J connectivity index is 1.28. The van der Waals surface area contributed by atoms with Crippen molar-refractivity contribution in [3.8, 4) is 5.75 Å². The van der Waals surface area contributed by atoms with Crippen LogP contribution in [0.25, 0.3) is 0 Å². The zero-order chi connectivity index (χ0) is 24.1. The van der Waals surface area contributed by atoms with Crippen LogP contribution >= 0.6 is 22.9 Å². The Morgan fingerprint density at radius 1 is 1.18 bits per heavy atom. The van der Waals surface area contributed by atoms with E-state index in [0.717, 1.165) is 10.4 Å². The van der Waals surface area contributed by atoms with E-state index >= 15 is 0 Å². The minimum atomic E-state index is -0.387. The molecule has 7 nitrogen and oxygen atoms in total. The van der Waals surface area contributed by atoms with Crippen molar-refractivity contribution in [1.82, 2.24) is 5.32 Å². The minimum absolute atomic E-state index is 0.0961. The molecule has 1 atom stereocenters. The molecule has 9 heteroatoms. The summed E-state index contributed by atoms with van der Waals surface area (Å²) in [6.45, 7) is 2.51. The number of anilines is 2. The topological polar surface area (TPSA) is 87.7 Å². The molecule has 2 aromatic carbocycles. The van der Waals surface area contributed by atoms with Crippen molar-refractivity contribution in [2.45, 2.75) is 19.9 Å². The number of nitrogens with one attached hydrogen (secondary N) is 2. The third-order valence-electron chi connectivity index (χ3n) is 5.50. The molecule has 0 saturated carbocycles. The molecule has 1 aliphatic rings. The van der Waals surface area contributed by atoms with E-state index in [1.165, 1.54) is 0 Å². The molecule has 2 heterocycles. The van der Waals surface area contributed by atoms with E-state index in [2.05, 4.69) is 10.6 Å². The number of hydrogen-bond donors (Lipinski definition) is 2. The molecule has 0 spiro atoms. The molecule has 3 amide bonds. The minimum Gasteiger partial charge on any atom is -0.484 e. The number of carbonyl (C=O) groups is 3. The van der Waals surface area contributed by atoms with Crippen LogP contribution in [0, 0.1) is 12.8 Å². The van der Waals surface area contributed by atoms with Crippen LogP contribution in [0.1, 0.15) is 16.9 Å². The quantitative estimate of drug-likeness (QED) is 0.483. The number of benzene rings is 2. The van der Waals surface area contributed by atoms with Gasteiger partial charge in [0.1, 0.15) is 5.75 Å². The number of aryl methyl sites for hydroxylation is 1. The van der Waals surface area contributed by atoms with Gasteiger partial charge in [0.2, 0.25) is 11.8 Å². The molecule has 1 aliphatic heterocycles. The Morgan fingerprint density at radius 3 is 2.71 bits per heavy atom. The highest BCUT2D eigenvalue weighted by Gasteiger charge is 2.35. The summed E-state index contributed by atoms with van der Waals surface area (Å²) < 4.78 is 5.57. The molecule has 176 valence electrons. The second-order valence-corrected chi connectivity index (χ2v) is 9.46. The molecule has 1 fully saturated rings. The number of carbonyl (C=O) groups excluding carboxylic acids is 3. The molecule has 34 heavy (non-hydrogen) atoms. The average Bonchev–Trinajstić information content (AvgIpc) is 3.49. The molecule has 0 bridgehead atoms. The van der Waals surface area contributed by atoms with Gasteiger partial charge in [0.05, 0.1) is 12.5 Å². The molecule has 2 N–H and O–H groups in total. The maximum Gasteiger partial charge on any atom is 0.262 e. The van der Waals surface area contributed by atoms with Crippen molar-refractivity contribution >= 4 is 52.0 Å². The van der Waals surface area contributed by atoms with Gasteiger partial charge in [0.25, 0.3) is 5.91 Å². The number of thiophene rings is 1. The van der Waals surface area contributed by atoms with Gasteiger partial charge in [-0.3, -0.25) is 14.4 Å². The van der Waals surface area contributed by atoms with Gasteiger partial charge in [-0.2, -0.15) is 0 Å². The van der Waals surface area contributed by atoms with Crippen LogP contribution in [0.2, 0.25) is 5.02 Å². The van der Waals surface area contributed by atoms with E-state index in [4.69, 9.17) is 16.3 Å². The lowest BCUT2D eigenvalue weighted by atomic mass is 10.1. The highest BCUT2D eigenvalue weighted by atomic mass is 35.5. The summed E-state index contributed by atoms with van der Waals surface area (Å²) in [5.74, 6) is -0.410.